The van der Waals surface area contributed by atoms with Gasteiger partial charge in [0, 0.05) is 6.20 Å². The van der Waals surface area contributed by atoms with Crippen LogP contribution in [0.4, 0.5) is 4.39 Å². The van der Waals surface area contributed by atoms with Crippen molar-refractivity contribution in [1.82, 2.24) is 15.1 Å². The highest BCUT2D eigenvalue weighted by Gasteiger charge is 2.13. The van der Waals surface area contributed by atoms with Crippen LogP contribution in [0, 0.1) is 5.82 Å². The summed E-state index contributed by atoms with van der Waals surface area (Å²) in [5, 5.41) is 7.10. The summed E-state index contributed by atoms with van der Waals surface area (Å²) in [4.78, 5) is 12.3. The summed E-state index contributed by atoms with van der Waals surface area (Å²) >= 11 is 0. The standard InChI is InChI=1S/C19H18FN3O2/c1-14(15-5-3-2-4-6-15)21-19(24)18-11-12-23(22-18)13-25-17-9-7-16(20)8-10-17/h2-12,14H,13H2,1H3,(H,21,24). The zero-order valence-corrected chi connectivity index (χ0v) is 13.7. The third-order valence-corrected chi connectivity index (χ3v) is 3.70. The van der Waals surface area contributed by atoms with Crippen LogP contribution in [0.1, 0.15) is 29.0 Å². The van der Waals surface area contributed by atoms with Crippen LogP contribution in [0.3, 0.4) is 0 Å². The SMILES string of the molecule is CC(NC(=O)c1ccn(COc2ccc(F)cc2)n1)c1ccccc1. The Kier molecular flexibility index (Phi) is 5.09. The lowest BCUT2D eigenvalue weighted by Gasteiger charge is -2.13. The molecule has 1 amide bonds. The highest BCUT2D eigenvalue weighted by molar-refractivity contribution is 5.92. The largest absolute Gasteiger partial charge is 0.471 e. The molecule has 1 N–H and O–H groups in total. The maximum Gasteiger partial charge on any atom is 0.272 e. The average Bonchev–Trinajstić information content (AvgIpc) is 3.11. The third kappa shape index (κ3) is 4.44. The first-order valence-electron chi connectivity index (χ1n) is 7.89. The summed E-state index contributed by atoms with van der Waals surface area (Å²) < 4.78 is 19.8. The predicted octanol–water partition coefficient (Wildman–Crippen LogP) is 3.55. The molecule has 2 aromatic carbocycles. The molecule has 5 nitrogen and oxygen atoms in total. The van der Waals surface area contributed by atoms with E-state index in [1.165, 1.54) is 28.9 Å². The number of benzene rings is 2. The number of rotatable bonds is 6. The van der Waals surface area contributed by atoms with Gasteiger partial charge >= 0.3 is 0 Å². The van der Waals surface area contributed by atoms with Crippen LogP contribution in [-0.4, -0.2) is 15.7 Å². The normalized spacial score (nSPS) is 11.8. The Morgan fingerprint density at radius 2 is 1.88 bits per heavy atom. The quantitative estimate of drug-likeness (QED) is 0.747. The van der Waals surface area contributed by atoms with Gasteiger partial charge in [-0.15, -0.1) is 0 Å². The summed E-state index contributed by atoms with van der Waals surface area (Å²) in [6.45, 7) is 2.05. The molecule has 3 rings (SSSR count). The molecule has 0 spiro atoms. The number of amides is 1. The van der Waals surface area contributed by atoms with Gasteiger partial charge in [0.1, 0.15) is 17.3 Å². The van der Waals surface area contributed by atoms with Crippen molar-refractivity contribution in [2.45, 2.75) is 19.7 Å². The smallest absolute Gasteiger partial charge is 0.272 e. The van der Waals surface area contributed by atoms with E-state index < -0.39 is 0 Å². The molecule has 1 aromatic heterocycles. The van der Waals surface area contributed by atoms with Crippen LogP contribution in [0.2, 0.25) is 0 Å². The molecule has 0 aliphatic carbocycles. The molecule has 6 heteroatoms. The Morgan fingerprint density at radius 1 is 1.16 bits per heavy atom. The minimum absolute atomic E-state index is 0.116. The number of carbonyl (C=O) groups excluding carboxylic acids is 1. The fourth-order valence-electron chi connectivity index (χ4n) is 2.32. The number of aromatic nitrogens is 2. The topological polar surface area (TPSA) is 56.2 Å². The summed E-state index contributed by atoms with van der Waals surface area (Å²) in [6.07, 6.45) is 1.66. The van der Waals surface area contributed by atoms with Crippen molar-refractivity contribution in [3.8, 4) is 5.75 Å². The van der Waals surface area contributed by atoms with E-state index in [1.807, 2.05) is 37.3 Å². The number of carbonyl (C=O) groups is 1. The summed E-state index contributed by atoms with van der Waals surface area (Å²) in [5.41, 5.74) is 1.33. The van der Waals surface area contributed by atoms with Crippen molar-refractivity contribution in [2.75, 3.05) is 0 Å². The molecule has 0 saturated heterocycles. The maximum absolute atomic E-state index is 12.9. The predicted molar refractivity (Wildman–Crippen MR) is 91.6 cm³/mol. The molecule has 0 aliphatic heterocycles. The Labute approximate surface area is 145 Å². The van der Waals surface area contributed by atoms with Gasteiger partial charge in [0.2, 0.25) is 0 Å². The van der Waals surface area contributed by atoms with Crippen molar-refractivity contribution < 1.29 is 13.9 Å². The van der Waals surface area contributed by atoms with Crippen LogP contribution in [0.15, 0.2) is 66.9 Å². The number of hydrogen-bond acceptors (Lipinski definition) is 3. The maximum atomic E-state index is 12.9. The Bertz CT molecular complexity index is 831. The minimum Gasteiger partial charge on any atom is -0.471 e. The molecule has 0 saturated carbocycles. The average molecular weight is 339 g/mol. The molecule has 0 radical (unpaired) electrons. The van der Waals surface area contributed by atoms with Gasteiger partial charge in [-0.2, -0.15) is 5.10 Å². The zero-order chi connectivity index (χ0) is 17.6. The molecule has 1 atom stereocenters. The molecule has 0 fully saturated rings. The van der Waals surface area contributed by atoms with Crippen molar-refractivity contribution in [3.05, 3.63) is 83.9 Å². The second-order valence-corrected chi connectivity index (χ2v) is 5.57. The van der Waals surface area contributed by atoms with Crippen molar-refractivity contribution in [2.24, 2.45) is 0 Å². The van der Waals surface area contributed by atoms with Crippen LogP contribution in [0.25, 0.3) is 0 Å². The Balaban J connectivity index is 1.57. The van der Waals surface area contributed by atoms with Crippen LogP contribution in [-0.2, 0) is 6.73 Å². The third-order valence-electron chi connectivity index (χ3n) is 3.70. The summed E-state index contributed by atoms with van der Waals surface area (Å²) in [5.74, 6) is -0.0459. The molecule has 0 bridgehead atoms. The van der Waals surface area contributed by atoms with Crippen LogP contribution >= 0.6 is 0 Å². The molecule has 1 unspecified atom stereocenters. The summed E-state index contributed by atoms with van der Waals surface area (Å²) in [7, 11) is 0. The monoisotopic (exact) mass is 339 g/mol. The molecule has 3 aromatic rings. The number of halogens is 1. The van der Waals surface area contributed by atoms with Gasteiger partial charge in [0.15, 0.2) is 6.73 Å². The van der Waals surface area contributed by atoms with Crippen LogP contribution < -0.4 is 10.1 Å². The first-order valence-corrected chi connectivity index (χ1v) is 7.89. The second-order valence-electron chi connectivity index (χ2n) is 5.57. The number of nitrogens with zero attached hydrogens (tertiary/aromatic N) is 2. The van der Waals surface area contributed by atoms with E-state index in [-0.39, 0.29) is 24.5 Å². The highest BCUT2D eigenvalue weighted by Crippen LogP contribution is 2.13. The molecule has 1 heterocycles. The van der Waals surface area contributed by atoms with Gasteiger partial charge in [-0.1, -0.05) is 30.3 Å². The lowest BCUT2D eigenvalue weighted by molar-refractivity contribution is 0.0932. The van der Waals surface area contributed by atoms with Crippen molar-refractivity contribution in [3.63, 3.8) is 0 Å². The Hall–Kier alpha value is -3.15. The first-order chi connectivity index (χ1) is 12.1. The van der Waals surface area contributed by atoms with Gasteiger partial charge < -0.3 is 10.1 Å². The Morgan fingerprint density at radius 3 is 2.60 bits per heavy atom. The molecule has 0 aliphatic rings. The second kappa shape index (κ2) is 7.61. The fraction of sp³-hybridized carbons (Fsp3) is 0.158. The van der Waals surface area contributed by atoms with E-state index >= 15 is 0 Å². The van der Waals surface area contributed by atoms with Gasteiger partial charge in [0.05, 0.1) is 6.04 Å². The van der Waals surface area contributed by atoms with E-state index in [0.717, 1.165) is 5.56 Å². The van der Waals surface area contributed by atoms with E-state index in [9.17, 15) is 9.18 Å². The molecule has 25 heavy (non-hydrogen) atoms. The van der Waals surface area contributed by atoms with Crippen molar-refractivity contribution in [1.29, 1.82) is 0 Å². The van der Waals surface area contributed by atoms with Crippen molar-refractivity contribution >= 4 is 5.91 Å². The number of hydrogen-bond donors (Lipinski definition) is 1. The van der Waals surface area contributed by atoms with E-state index in [2.05, 4.69) is 10.4 Å². The lowest BCUT2D eigenvalue weighted by atomic mass is 10.1. The van der Waals surface area contributed by atoms with Gasteiger partial charge in [-0.25, -0.2) is 9.07 Å². The van der Waals surface area contributed by atoms with E-state index in [1.54, 1.807) is 12.3 Å². The lowest BCUT2D eigenvalue weighted by Crippen LogP contribution is -2.27. The number of nitrogens with one attached hydrogen (secondary N) is 1. The summed E-state index contributed by atoms with van der Waals surface area (Å²) in [6, 6.07) is 16.9. The fourth-order valence-corrected chi connectivity index (χ4v) is 2.32. The van der Waals surface area contributed by atoms with E-state index in [0.29, 0.717) is 11.4 Å². The highest BCUT2D eigenvalue weighted by atomic mass is 19.1. The van der Waals surface area contributed by atoms with Gasteiger partial charge in [-0.3, -0.25) is 4.79 Å². The first kappa shape index (κ1) is 16.7. The van der Waals surface area contributed by atoms with Crippen LogP contribution in [0.5, 0.6) is 5.75 Å². The van der Waals surface area contributed by atoms with Gasteiger partial charge in [0.25, 0.3) is 5.91 Å². The minimum atomic E-state index is -0.321. The zero-order valence-electron chi connectivity index (χ0n) is 13.7. The molecule has 128 valence electrons. The number of ether oxygens (including phenoxy) is 1. The van der Waals surface area contributed by atoms with E-state index in [4.69, 9.17) is 4.74 Å². The van der Waals surface area contributed by atoms with Gasteiger partial charge in [-0.05, 0) is 42.8 Å². The molecular weight excluding hydrogens is 321 g/mol. The molecular formula is C19H18FN3O2.